The largest absolute Gasteiger partial charge is 0.481 e. The minimum Gasteiger partial charge on any atom is -0.481 e. The first kappa shape index (κ1) is 16.8. The van der Waals surface area contributed by atoms with Crippen LogP contribution in [0.5, 0.6) is 0 Å². The van der Waals surface area contributed by atoms with Crippen LogP contribution >= 0.6 is 11.8 Å². The van der Waals surface area contributed by atoms with Gasteiger partial charge in [-0.05, 0) is 27.7 Å². The number of nitrogens with two attached hydrogens (primary N) is 1. The summed E-state index contributed by atoms with van der Waals surface area (Å²) in [6.07, 6.45) is 0. The first-order valence-electron chi connectivity index (χ1n) is 6.62. The summed E-state index contributed by atoms with van der Waals surface area (Å²) in [6, 6.07) is 0.866. The summed E-state index contributed by atoms with van der Waals surface area (Å²) in [6.45, 7) is 10.1. The van der Waals surface area contributed by atoms with E-state index in [1.54, 1.807) is 4.57 Å². The number of nitrogen functional groups attached to an aromatic ring is 1. The molecule has 0 saturated carbocycles. The van der Waals surface area contributed by atoms with E-state index in [1.165, 1.54) is 0 Å². The molecule has 0 saturated heterocycles. The fourth-order valence-corrected chi connectivity index (χ4v) is 2.76. The fourth-order valence-electron chi connectivity index (χ4n) is 2.07. The summed E-state index contributed by atoms with van der Waals surface area (Å²) in [5.41, 5.74) is 5.80. The van der Waals surface area contributed by atoms with Gasteiger partial charge in [-0.25, -0.2) is 0 Å². The molecule has 0 aliphatic rings. The number of carboxylic acid groups (broad SMARTS) is 1. The zero-order valence-electron chi connectivity index (χ0n) is 12.4. The molecule has 3 N–H and O–H groups in total. The van der Waals surface area contributed by atoms with Gasteiger partial charge in [-0.1, -0.05) is 11.8 Å². The Kier molecular flexibility index (Phi) is 6.28. The van der Waals surface area contributed by atoms with Gasteiger partial charge >= 0.3 is 5.97 Å². The number of hydrogen-bond acceptors (Lipinski definition) is 6. The molecule has 7 nitrogen and oxygen atoms in total. The molecule has 1 heterocycles. The lowest BCUT2D eigenvalue weighted by molar-refractivity contribution is -0.133. The number of nitrogens with zero attached hydrogens (tertiary/aromatic N) is 4. The molecule has 0 fully saturated rings. The molecule has 0 aromatic carbocycles. The lowest BCUT2D eigenvalue weighted by Gasteiger charge is -2.30. The summed E-state index contributed by atoms with van der Waals surface area (Å²) in [7, 11) is 0. The topological polar surface area (TPSA) is 97.3 Å². The van der Waals surface area contributed by atoms with Crippen LogP contribution in [-0.4, -0.2) is 55.1 Å². The molecular weight excluding hydrogens is 278 g/mol. The predicted molar refractivity (Wildman–Crippen MR) is 79.8 cm³/mol. The van der Waals surface area contributed by atoms with Crippen LogP contribution in [0.2, 0.25) is 0 Å². The maximum Gasteiger partial charge on any atom is 0.313 e. The van der Waals surface area contributed by atoms with Gasteiger partial charge in [-0.15, -0.1) is 10.2 Å². The Bertz CT molecular complexity index is 439. The van der Waals surface area contributed by atoms with Crippen LogP contribution in [0.25, 0.3) is 0 Å². The number of aliphatic carboxylic acids is 1. The number of thioether (sulfide) groups is 1. The van der Waals surface area contributed by atoms with Gasteiger partial charge in [0.1, 0.15) is 0 Å². The number of carboxylic acids is 1. The summed E-state index contributed by atoms with van der Waals surface area (Å²) in [5, 5.41) is 17.0. The Morgan fingerprint density at radius 1 is 1.35 bits per heavy atom. The number of aromatic nitrogens is 3. The van der Waals surface area contributed by atoms with Crippen LogP contribution in [0.15, 0.2) is 5.16 Å². The molecule has 8 heteroatoms. The van der Waals surface area contributed by atoms with E-state index in [2.05, 4.69) is 42.8 Å². The Labute approximate surface area is 123 Å². The van der Waals surface area contributed by atoms with Crippen molar-refractivity contribution in [3.63, 3.8) is 0 Å². The smallest absolute Gasteiger partial charge is 0.313 e. The Morgan fingerprint density at radius 3 is 2.45 bits per heavy atom. The molecule has 20 heavy (non-hydrogen) atoms. The van der Waals surface area contributed by atoms with Gasteiger partial charge in [0.2, 0.25) is 5.95 Å². The number of anilines is 1. The van der Waals surface area contributed by atoms with E-state index in [1.807, 2.05) is 0 Å². The summed E-state index contributed by atoms with van der Waals surface area (Å²) < 4.78 is 1.77. The van der Waals surface area contributed by atoms with Gasteiger partial charge in [-0.2, -0.15) is 0 Å². The van der Waals surface area contributed by atoms with E-state index < -0.39 is 5.97 Å². The highest BCUT2D eigenvalue weighted by molar-refractivity contribution is 7.99. The van der Waals surface area contributed by atoms with Gasteiger partial charge in [0, 0.05) is 25.2 Å². The molecule has 0 spiro atoms. The van der Waals surface area contributed by atoms with Crippen molar-refractivity contribution >= 4 is 23.7 Å². The fraction of sp³-hybridized carbons (Fsp3) is 0.750. The molecule has 0 atom stereocenters. The van der Waals surface area contributed by atoms with Crippen LogP contribution in [0.1, 0.15) is 27.7 Å². The second-order valence-corrected chi connectivity index (χ2v) is 6.04. The zero-order chi connectivity index (χ0) is 15.3. The molecule has 0 amide bonds. The molecule has 0 radical (unpaired) electrons. The molecule has 114 valence electrons. The van der Waals surface area contributed by atoms with Crippen molar-refractivity contribution in [3.8, 4) is 0 Å². The van der Waals surface area contributed by atoms with Crippen molar-refractivity contribution < 1.29 is 9.90 Å². The van der Waals surface area contributed by atoms with E-state index in [-0.39, 0.29) is 5.75 Å². The minimum atomic E-state index is -0.880. The van der Waals surface area contributed by atoms with Crippen molar-refractivity contribution in [1.82, 2.24) is 19.7 Å². The average Bonchev–Trinajstić information content (AvgIpc) is 2.67. The van der Waals surface area contributed by atoms with E-state index >= 15 is 0 Å². The first-order valence-corrected chi connectivity index (χ1v) is 7.60. The van der Waals surface area contributed by atoms with Gasteiger partial charge in [0.25, 0.3) is 0 Å². The molecule has 1 aromatic rings. The maximum atomic E-state index is 10.6. The number of hydrogen-bond donors (Lipinski definition) is 2. The van der Waals surface area contributed by atoms with Crippen molar-refractivity contribution in [2.24, 2.45) is 0 Å². The first-order chi connectivity index (χ1) is 9.32. The Morgan fingerprint density at radius 2 is 1.95 bits per heavy atom. The van der Waals surface area contributed by atoms with Crippen molar-refractivity contribution in [1.29, 1.82) is 0 Å². The van der Waals surface area contributed by atoms with Crippen molar-refractivity contribution in [3.05, 3.63) is 0 Å². The van der Waals surface area contributed by atoms with Gasteiger partial charge < -0.3 is 10.8 Å². The summed E-state index contributed by atoms with van der Waals surface area (Å²) in [4.78, 5) is 13.0. The van der Waals surface area contributed by atoms with Gasteiger partial charge in [0.05, 0.1) is 5.75 Å². The molecule has 1 aromatic heterocycles. The molecule has 0 bridgehead atoms. The monoisotopic (exact) mass is 301 g/mol. The highest BCUT2D eigenvalue weighted by atomic mass is 32.2. The van der Waals surface area contributed by atoms with Crippen molar-refractivity contribution in [2.45, 2.75) is 51.5 Å². The zero-order valence-corrected chi connectivity index (χ0v) is 13.2. The second-order valence-electron chi connectivity index (χ2n) is 5.10. The summed E-state index contributed by atoms with van der Waals surface area (Å²) in [5.74, 6) is -0.601. The third-order valence-corrected chi connectivity index (χ3v) is 3.93. The lowest BCUT2D eigenvalue weighted by Crippen LogP contribution is -2.39. The van der Waals surface area contributed by atoms with Gasteiger partial charge in [-0.3, -0.25) is 14.3 Å². The molecule has 0 aliphatic carbocycles. The molecule has 0 aliphatic heterocycles. The average molecular weight is 301 g/mol. The van der Waals surface area contributed by atoms with Crippen LogP contribution in [0.3, 0.4) is 0 Å². The maximum absolute atomic E-state index is 10.6. The van der Waals surface area contributed by atoms with E-state index in [4.69, 9.17) is 10.8 Å². The second kappa shape index (κ2) is 7.49. The highest BCUT2D eigenvalue weighted by Crippen LogP contribution is 2.18. The van der Waals surface area contributed by atoms with Crippen LogP contribution in [-0.2, 0) is 11.3 Å². The molecule has 1 rings (SSSR count). The van der Waals surface area contributed by atoms with Crippen LogP contribution in [0, 0.1) is 0 Å². The minimum absolute atomic E-state index is 0.0454. The molecular formula is C12H23N5O2S. The predicted octanol–water partition coefficient (Wildman–Crippen LogP) is 1.16. The highest BCUT2D eigenvalue weighted by Gasteiger charge is 2.16. The third kappa shape index (κ3) is 4.68. The lowest BCUT2D eigenvalue weighted by atomic mass is 10.2. The third-order valence-electron chi connectivity index (χ3n) is 2.98. The SMILES string of the molecule is CC(C)N(CCn1c(N)nnc1SCC(=O)O)C(C)C. The normalized spacial score (nSPS) is 11.8. The molecule has 0 unspecified atom stereocenters. The van der Waals surface area contributed by atoms with E-state index in [0.717, 1.165) is 18.3 Å². The quantitative estimate of drug-likeness (QED) is 0.695. The van der Waals surface area contributed by atoms with Crippen molar-refractivity contribution in [2.75, 3.05) is 18.0 Å². The number of rotatable bonds is 8. The van der Waals surface area contributed by atoms with E-state index in [0.29, 0.717) is 29.7 Å². The standard InChI is InChI=1S/C12H23N5O2S/c1-8(2)16(9(3)4)5-6-17-11(13)14-15-12(17)20-7-10(18)19/h8-9H,5-7H2,1-4H3,(H2,13,14)(H,18,19). The Hall–Kier alpha value is -1.28. The number of carbonyl (C=O) groups is 1. The van der Waals surface area contributed by atoms with Crippen LogP contribution in [0.4, 0.5) is 5.95 Å². The van der Waals surface area contributed by atoms with E-state index in [9.17, 15) is 4.79 Å². The Balaban J connectivity index is 2.71. The summed E-state index contributed by atoms with van der Waals surface area (Å²) >= 11 is 1.14. The van der Waals surface area contributed by atoms with Gasteiger partial charge in [0.15, 0.2) is 5.16 Å². The van der Waals surface area contributed by atoms with Crippen LogP contribution < -0.4 is 5.73 Å².